The monoisotopic (exact) mass is 387 g/mol. The molecule has 0 spiro atoms. The van der Waals surface area contributed by atoms with Crippen molar-refractivity contribution < 1.29 is 5.11 Å². The average molecular weight is 388 g/mol. The van der Waals surface area contributed by atoms with Crippen molar-refractivity contribution in [3.63, 3.8) is 0 Å². The van der Waals surface area contributed by atoms with Crippen molar-refractivity contribution in [2.24, 2.45) is 5.10 Å². The summed E-state index contributed by atoms with van der Waals surface area (Å²) in [6.45, 7) is 1.92. The number of phenolic OH excluding ortho intramolecular Hbond substituents is 1. The van der Waals surface area contributed by atoms with Crippen LogP contribution >= 0.6 is 27.3 Å². The molecule has 2 N–H and O–H groups in total. The quantitative estimate of drug-likeness (QED) is 0.487. The lowest BCUT2D eigenvalue weighted by Crippen LogP contribution is -1.91. The van der Waals surface area contributed by atoms with Gasteiger partial charge in [0.15, 0.2) is 0 Å². The van der Waals surface area contributed by atoms with E-state index in [4.69, 9.17) is 0 Å². The Morgan fingerprint density at radius 1 is 1.26 bits per heavy atom. The van der Waals surface area contributed by atoms with E-state index in [-0.39, 0.29) is 5.75 Å². The lowest BCUT2D eigenvalue weighted by molar-refractivity contribution is 0.474. The topological polar surface area (TPSA) is 57.5 Å². The maximum absolute atomic E-state index is 9.91. The first-order valence-electron chi connectivity index (χ1n) is 6.92. The zero-order valence-corrected chi connectivity index (χ0v) is 14.7. The predicted octanol–water partition coefficient (Wildman–Crippen LogP) is 5.03. The number of hydrogen-bond donors (Lipinski definition) is 2. The first-order valence-corrected chi connectivity index (χ1v) is 8.60. The van der Waals surface area contributed by atoms with E-state index < -0.39 is 0 Å². The molecule has 0 fully saturated rings. The highest BCUT2D eigenvalue weighted by Gasteiger charge is 2.04. The fourth-order valence-electron chi connectivity index (χ4n) is 2.01. The highest BCUT2D eigenvalue weighted by atomic mass is 79.9. The molecule has 2 aromatic carbocycles. The Balaban J connectivity index is 1.72. The van der Waals surface area contributed by atoms with Crippen molar-refractivity contribution in [1.29, 1.82) is 0 Å². The molecule has 116 valence electrons. The molecule has 4 nitrogen and oxygen atoms in total. The zero-order chi connectivity index (χ0) is 16.2. The summed E-state index contributed by atoms with van der Waals surface area (Å²) in [6.07, 6.45) is 1.57. The van der Waals surface area contributed by atoms with Gasteiger partial charge in [0, 0.05) is 21.0 Å². The molecule has 1 heterocycles. The summed E-state index contributed by atoms with van der Waals surface area (Å²) in [5, 5.41) is 16.7. The van der Waals surface area contributed by atoms with E-state index in [2.05, 4.69) is 31.4 Å². The average Bonchev–Trinajstić information content (AvgIpc) is 3.02. The summed E-state index contributed by atoms with van der Waals surface area (Å²) in [6, 6.07) is 13.5. The molecule has 0 aliphatic rings. The van der Waals surface area contributed by atoms with Gasteiger partial charge in [-0.1, -0.05) is 46.3 Å². The Morgan fingerprint density at radius 3 is 2.83 bits per heavy atom. The summed E-state index contributed by atoms with van der Waals surface area (Å²) < 4.78 is 0.928. The van der Waals surface area contributed by atoms with Gasteiger partial charge in [0.25, 0.3) is 0 Å². The van der Waals surface area contributed by atoms with E-state index in [1.807, 2.05) is 48.7 Å². The van der Waals surface area contributed by atoms with Gasteiger partial charge in [-0.05, 0) is 24.6 Å². The molecule has 0 bridgehead atoms. The van der Waals surface area contributed by atoms with E-state index in [0.29, 0.717) is 10.7 Å². The third kappa shape index (κ3) is 3.78. The molecule has 1 aromatic heterocycles. The molecule has 0 atom stereocenters. The van der Waals surface area contributed by atoms with Gasteiger partial charge in [-0.25, -0.2) is 4.98 Å². The third-order valence-electron chi connectivity index (χ3n) is 3.25. The van der Waals surface area contributed by atoms with Gasteiger partial charge in [0.05, 0.1) is 11.9 Å². The molecule has 6 heteroatoms. The number of aromatic hydroxyl groups is 1. The van der Waals surface area contributed by atoms with Crippen LogP contribution in [-0.2, 0) is 0 Å². The number of nitrogens with one attached hydrogen (secondary N) is 1. The largest absolute Gasteiger partial charge is 0.507 e. The number of aromatic nitrogens is 1. The van der Waals surface area contributed by atoms with E-state index >= 15 is 0 Å². The molecular weight excluding hydrogens is 374 g/mol. The van der Waals surface area contributed by atoms with Crippen LogP contribution < -0.4 is 5.43 Å². The second-order valence-electron chi connectivity index (χ2n) is 4.93. The Hall–Kier alpha value is -2.18. The van der Waals surface area contributed by atoms with E-state index in [1.54, 1.807) is 12.3 Å². The lowest BCUT2D eigenvalue weighted by Gasteiger charge is -2.03. The molecule has 3 rings (SSSR count). The van der Waals surface area contributed by atoms with Gasteiger partial charge in [0.1, 0.15) is 5.75 Å². The first-order chi connectivity index (χ1) is 11.1. The zero-order valence-electron chi connectivity index (χ0n) is 12.3. The predicted molar refractivity (Wildman–Crippen MR) is 99.3 cm³/mol. The lowest BCUT2D eigenvalue weighted by atomic mass is 10.1. The Bertz CT molecular complexity index is 846. The Kier molecular flexibility index (Phi) is 4.73. The van der Waals surface area contributed by atoms with Crippen LogP contribution in [0, 0.1) is 6.92 Å². The third-order valence-corrected chi connectivity index (χ3v) is 4.85. The maximum atomic E-state index is 9.91. The van der Waals surface area contributed by atoms with Crippen molar-refractivity contribution in [1.82, 2.24) is 4.98 Å². The summed E-state index contributed by atoms with van der Waals surface area (Å²) in [4.78, 5) is 4.49. The van der Waals surface area contributed by atoms with E-state index in [9.17, 15) is 5.11 Å². The number of halogens is 1. The molecule has 0 unspecified atom stereocenters. The van der Waals surface area contributed by atoms with Crippen LogP contribution in [0.25, 0.3) is 11.3 Å². The second kappa shape index (κ2) is 6.93. The second-order valence-corrected chi connectivity index (χ2v) is 6.65. The first kappa shape index (κ1) is 15.7. The van der Waals surface area contributed by atoms with E-state index in [0.717, 1.165) is 21.3 Å². The van der Waals surface area contributed by atoms with Crippen molar-refractivity contribution in [3.8, 4) is 17.0 Å². The Morgan fingerprint density at radius 2 is 2.04 bits per heavy atom. The molecule has 0 saturated heterocycles. The minimum Gasteiger partial charge on any atom is -0.507 e. The maximum Gasteiger partial charge on any atom is 0.203 e. The Labute approximate surface area is 146 Å². The highest BCUT2D eigenvalue weighted by molar-refractivity contribution is 9.10. The fraction of sp³-hybridized carbons (Fsp3) is 0.0588. The number of rotatable bonds is 4. The standard InChI is InChI=1S/C17H14BrN3OS/c1-11-7-16(22)13(8-14(11)18)9-19-21-17-20-15(10-23-17)12-5-3-2-4-6-12/h2-10,22H,1H3,(H,20,21). The number of hydrogen-bond acceptors (Lipinski definition) is 5. The molecular formula is C17H14BrN3OS. The van der Waals surface area contributed by atoms with Gasteiger partial charge in [-0.3, -0.25) is 5.43 Å². The number of anilines is 1. The van der Waals surface area contributed by atoms with Crippen LogP contribution in [0.1, 0.15) is 11.1 Å². The van der Waals surface area contributed by atoms with Crippen LogP contribution in [0.15, 0.2) is 57.4 Å². The summed E-state index contributed by atoms with van der Waals surface area (Å²) in [7, 11) is 0. The molecule has 0 aliphatic carbocycles. The molecule has 3 aromatic rings. The van der Waals surface area contributed by atoms with Crippen molar-refractivity contribution >= 4 is 38.6 Å². The van der Waals surface area contributed by atoms with Crippen molar-refractivity contribution in [3.05, 3.63) is 63.4 Å². The van der Waals surface area contributed by atoms with Crippen LogP contribution in [0.2, 0.25) is 0 Å². The fourth-order valence-corrected chi connectivity index (χ4v) is 3.04. The number of thiazole rings is 1. The molecule has 0 radical (unpaired) electrons. The number of aryl methyl sites for hydroxylation is 1. The molecule has 0 amide bonds. The highest BCUT2D eigenvalue weighted by Crippen LogP contribution is 2.26. The van der Waals surface area contributed by atoms with Gasteiger partial charge in [0.2, 0.25) is 5.13 Å². The van der Waals surface area contributed by atoms with Gasteiger partial charge in [-0.15, -0.1) is 11.3 Å². The molecule has 23 heavy (non-hydrogen) atoms. The smallest absolute Gasteiger partial charge is 0.203 e. The molecule has 0 saturated carbocycles. The van der Waals surface area contributed by atoms with Gasteiger partial charge >= 0.3 is 0 Å². The van der Waals surface area contributed by atoms with Crippen molar-refractivity contribution in [2.75, 3.05) is 5.43 Å². The number of hydrazone groups is 1. The van der Waals surface area contributed by atoms with E-state index in [1.165, 1.54) is 11.3 Å². The van der Waals surface area contributed by atoms with Crippen molar-refractivity contribution in [2.45, 2.75) is 6.92 Å². The van der Waals surface area contributed by atoms with Gasteiger partial charge in [-0.2, -0.15) is 5.10 Å². The minimum absolute atomic E-state index is 0.195. The van der Waals surface area contributed by atoms with Crippen LogP contribution in [0.4, 0.5) is 5.13 Å². The summed E-state index contributed by atoms with van der Waals surface area (Å²) >= 11 is 4.92. The minimum atomic E-state index is 0.195. The van der Waals surface area contributed by atoms with Gasteiger partial charge < -0.3 is 5.11 Å². The number of phenols is 1. The summed E-state index contributed by atoms with van der Waals surface area (Å²) in [5.74, 6) is 0.195. The van der Waals surface area contributed by atoms with Crippen LogP contribution in [-0.4, -0.2) is 16.3 Å². The van der Waals surface area contributed by atoms with Crippen LogP contribution in [0.5, 0.6) is 5.75 Å². The van der Waals surface area contributed by atoms with Crippen LogP contribution in [0.3, 0.4) is 0 Å². The number of benzene rings is 2. The SMILES string of the molecule is Cc1cc(O)c(C=NNc2nc(-c3ccccc3)cs2)cc1Br. The summed E-state index contributed by atoms with van der Waals surface area (Å²) in [5.41, 5.74) is 6.48. The molecule has 0 aliphatic heterocycles. The number of nitrogens with zero attached hydrogens (tertiary/aromatic N) is 2. The normalized spacial score (nSPS) is 11.0.